The fraction of sp³-hybridized carbons (Fsp3) is 0.0769. The molecule has 0 saturated heterocycles. The molecule has 3 heteroatoms. The van der Waals surface area contributed by atoms with Crippen LogP contribution in [0, 0.1) is 13.8 Å². The van der Waals surface area contributed by atoms with Crippen molar-refractivity contribution in [3.63, 3.8) is 0 Å². The van der Waals surface area contributed by atoms with E-state index in [1.165, 1.54) is 0 Å². The second-order valence-electron chi connectivity index (χ2n) is 7.22. The maximum atomic E-state index is 13.1. The molecule has 0 fully saturated rings. The van der Waals surface area contributed by atoms with Gasteiger partial charge >= 0.3 is 0 Å². The molecule has 29 heavy (non-hydrogen) atoms. The molecule has 1 aliphatic rings. The molecular formula is C26H19ClO2. The number of hydrogen-bond donors (Lipinski definition) is 0. The zero-order valence-corrected chi connectivity index (χ0v) is 17.0. The van der Waals surface area contributed by atoms with E-state index < -0.39 is 0 Å². The van der Waals surface area contributed by atoms with Gasteiger partial charge in [-0.15, -0.1) is 0 Å². The molecule has 0 saturated carbocycles. The normalized spacial score (nSPS) is 13.3. The maximum absolute atomic E-state index is 13.1. The highest BCUT2D eigenvalue weighted by atomic mass is 35.5. The largest absolute Gasteiger partial charge is 0.289 e. The Morgan fingerprint density at radius 1 is 0.690 bits per heavy atom. The number of halogens is 1. The molecule has 0 amide bonds. The summed E-state index contributed by atoms with van der Waals surface area (Å²) in [4.78, 5) is 25.9. The Bertz CT molecular complexity index is 1130. The van der Waals surface area contributed by atoms with E-state index in [1.54, 1.807) is 30.3 Å². The Kier molecular flexibility index (Phi) is 5.04. The maximum Gasteiger partial charge on any atom is 0.205 e. The van der Waals surface area contributed by atoms with E-state index in [0.717, 1.165) is 27.8 Å². The number of carbonyl (C=O) groups excluding carboxylic acids is 2. The number of Topliss-reactive ketones (excluding diaryl/α,β-unsaturated/α-hetero) is 2. The van der Waals surface area contributed by atoms with Gasteiger partial charge in [-0.1, -0.05) is 95.5 Å². The summed E-state index contributed by atoms with van der Waals surface area (Å²) in [5, 5.41) is -0.0366. The van der Waals surface area contributed by atoms with Crippen molar-refractivity contribution in [1.29, 1.82) is 0 Å². The average Bonchev–Trinajstić information content (AvgIpc) is 2.74. The Hall–Kier alpha value is -3.23. The van der Waals surface area contributed by atoms with Crippen molar-refractivity contribution in [1.82, 2.24) is 0 Å². The van der Waals surface area contributed by atoms with E-state index in [9.17, 15) is 9.59 Å². The standard InChI is InChI=1S/C26H19ClO2/c1-16-7-11-18(12-8-16)22(19-13-9-17(2)10-14-19)15-23-24(27)26(29)21-6-4-3-5-20(21)25(23)28/h3-15H,1-2H3. The molecule has 0 unspecified atom stereocenters. The van der Waals surface area contributed by atoms with Crippen LogP contribution in [0.5, 0.6) is 0 Å². The van der Waals surface area contributed by atoms with Crippen LogP contribution in [-0.4, -0.2) is 11.6 Å². The van der Waals surface area contributed by atoms with Gasteiger partial charge in [0, 0.05) is 16.7 Å². The number of ketones is 2. The van der Waals surface area contributed by atoms with Gasteiger partial charge in [-0.3, -0.25) is 9.59 Å². The molecule has 0 heterocycles. The van der Waals surface area contributed by atoms with Crippen molar-refractivity contribution in [3.05, 3.63) is 123 Å². The summed E-state index contributed by atoms with van der Waals surface area (Å²) in [6, 6.07) is 22.9. The van der Waals surface area contributed by atoms with E-state index in [1.807, 2.05) is 62.4 Å². The smallest absolute Gasteiger partial charge is 0.205 e. The number of carbonyl (C=O) groups is 2. The van der Waals surface area contributed by atoms with Gasteiger partial charge < -0.3 is 0 Å². The van der Waals surface area contributed by atoms with Crippen LogP contribution in [0.1, 0.15) is 43.0 Å². The minimum absolute atomic E-state index is 0.0366. The predicted octanol–water partition coefficient (Wildman–Crippen LogP) is 6.31. The number of hydrogen-bond acceptors (Lipinski definition) is 2. The summed E-state index contributed by atoms with van der Waals surface area (Å²) >= 11 is 6.39. The molecule has 2 nitrogen and oxygen atoms in total. The summed E-state index contributed by atoms with van der Waals surface area (Å²) in [6.07, 6.45) is 1.74. The summed E-state index contributed by atoms with van der Waals surface area (Å²) in [5.74, 6) is -0.554. The van der Waals surface area contributed by atoms with Crippen LogP contribution < -0.4 is 0 Å². The van der Waals surface area contributed by atoms with Crippen LogP contribution >= 0.6 is 11.6 Å². The van der Waals surface area contributed by atoms with Gasteiger partial charge in [-0.2, -0.15) is 0 Å². The van der Waals surface area contributed by atoms with Crippen LogP contribution in [-0.2, 0) is 0 Å². The number of allylic oxidation sites excluding steroid dienone is 3. The van der Waals surface area contributed by atoms with Crippen molar-refractivity contribution >= 4 is 28.7 Å². The summed E-state index contributed by atoms with van der Waals surface area (Å²) in [6.45, 7) is 4.05. The first-order valence-electron chi connectivity index (χ1n) is 9.39. The second kappa shape index (κ2) is 7.65. The van der Waals surface area contributed by atoms with Crippen LogP contribution in [0.15, 0.2) is 89.5 Å². The lowest BCUT2D eigenvalue weighted by molar-refractivity contribution is 0.0984. The molecule has 4 rings (SSSR count). The molecule has 0 aliphatic heterocycles. The quantitative estimate of drug-likeness (QED) is 0.518. The third kappa shape index (κ3) is 3.59. The summed E-state index contributed by atoms with van der Waals surface area (Å²) in [5.41, 5.74) is 6.02. The first-order chi connectivity index (χ1) is 14.0. The van der Waals surface area contributed by atoms with Crippen molar-refractivity contribution in [3.8, 4) is 0 Å². The first-order valence-corrected chi connectivity index (χ1v) is 9.77. The van der Waals surface area contributed by atoms with Crippen molar-refractivity contribution < 1.29 is 9.59 Å². The fourth-order valence-electron chi connectivity index (χ4n) is 3.44. The van der Waals surface area contributed by atoms with Crippen molar-refractivity contribution in [2.45, 2.75) is 13.8 Å². The monoisotopic (exact) mass is 398 g/mol. The molecule has 1 aliphatic carbocycles. The van der Waals surface area contributed by atoms with E-state index in [-0.39, 0.29) is 22.2 Å². The van der Waals surface area contributed by atoms with Crippen LogP contribution in [0.25, 0.3) is 5.57 Å². The third-order valence-electron chi connectivity index (χ3n) is 5.11. The number of fused-ring (bicyclic) bond motifs is 1. The summed E-state index contributed by atoms with van der Waals surface area (Å²) < 4.78 is 0. The number of benzene rings is 3. The van der Waals surface area contributed by atoms with Gasteiger partial charge in [-0.05, 0) is 36.6 Å². The van der Waals surface area contributed by atoms with Gasteiger partial charge in [0.15, 0.2) is 5.78 Å². The first kappa shape index (κ1) is 19.1. The van der Waals surface area contributed by atoms with Crippen LogP contribution in [0.3, 0.4) is 0 Å². The molecule has 0 radical (unpaired) electrons. The Labute approximate surface area is 175 Å². The zero-order chi connectivity index (χ0) is 20.5. The lowest BCUT2D eigenvalue weighted by atomic mass is 9.86. The minimum Gasteiger partial charge on any atom is -0.289 e. The molecule has 3 aromatic carbocycles. The molecule has 0 spiro atoms. The molecule has 142 valence electrons. The number of rotatable bonds is 3. The topological polar surface area (TPSA) is 34.1 Å². The van der Waals surface area contributed by atoms with Crippen LogP contribution in [0.2, 0.25) is 0 Å². The summed E-state index contributed by atoms with van der Waals surface area (Å²) in [7, 11) is 0. The second-order valence-corrected chi connectivity index (χ2v) is 7.60. The van der Waals surface area contributed by atoms with Gasteiger partial charge in [0.2, 0.25) is 5.78 Å². The fourth-order valence-corrected chi connectivity index (χ4v) is 3.68. The van der Waals surface area contributed by atoms with Gasteiger partial charge in [-0.25, -0.2) is 0 Å². The van der Waals surface area contributed by atoms with E-state index >= 15 is 0 Å². The van der Waals surface area contributed by atoms with Crippen LogP contribution in [0.4, 0.5) is 0 Å². The molecular weight excluding hydrogens is 380 g/mol. The van der Waals surface area contributed by atoms with Crippen molar-refractivity contribution in [2.24, 2.45) is 0 Å². The highest BCUT2D eigenvalue weighted by Gasteiger charge is 2.30. The Morgan fingerprint density at radius 3 is 1.62 bits per heavy atom. The van der Waals surface area contributed by atoms with Gasteiger partial charge in [0.25, 0.3) is 0 Å². The lowest BCUT2D eigenvalue weighted by Crippen LogP contribution is -2.19. The third-order valence-corrected chi connectivity index (χ3v) is 5.49. The van der Waals surface area contributed by atoms with Crippen molar-refractivity contribution in [2.75, 3.05) is 0 Å². The average molecular weight is 399 g/mol. The molecule has 0 aromatic heterocycles. The Balaban J connectivity index is 1.92. The van der Waals surface area contributed by atoms with E-state index in [4.69, 9.17) is 11.6 Å². The highest BCUT2D eigenvalue weighted by molar-refractivity contribution is 6.50. The molecule has 3 aromatic rings. The molecule has 0 N–H and O–H groups in total. The number of aryl methyl sites for hydroxylation is 2. The highest BCUT2D eigenvalue weighted by Crippen LogP contribution is 2.33. The predicted molar refractivity (Wildman–Crippen MR) is 117 cm³/mol. The van der Waals surface area contributed by atoms with E-state index in [0.29, 0.717) is 11.1 Å². The van der Waals surface area contributed by atoms with Gasteiger partial charge in [0.1, 0.15) is 0 Å². The Morgan fingerprint density at radius 2 is 1.14 bits per heavy atom. The van der Waals surface area contributed by atoms with Gasteiger partial charge in [0.05, 0.1) is 5.03 Å². The lowest BCUT2D eigenvalue weighted by Gasteiger charge is -2.17. The SMILES string of the molecule is Cc1ccc(C(=CC2=C(Cl)C(=O)c3ccccc3C2=O)c2ccc(C)cc2)cc1. The van der Waals surface area contributed by atoms with E-state index in [2.05, 4.69) is 0 Å². The zero-order valence-electron chi connectivity index (χ0n) is 16.2. The minimum atomic E-state index is -0.319. The molecule has 0 bridgehead atoms. The molecule has 0 atom stereocenters.